The smallest absolute Gasteiger partial charge is 0.493 e. The van der Waals surface area contributed by atoms with Crippen molar-refractivity contribution in [2.24, 2.45) is 0 Å². The van der Waals surface area contributed by atoms with E-state index in [1.807, 2.05) is 165 Å². The molecule has 0 radical (unpaired) electrons. The normalized spacial score (nSPS) is 11.0. The number of nitrogens with zero attached hydrogens (tertiary/aromatic N) is 6. The van der Waals surface area contributed by atoms with Crippen molar-refractivity contribution in [3.8, 4) is 108 Å². The van der Waals surface area contributed by atoms with Crippen molar-refractivity contribution in [1.29, 1.82) is 0 Å². The Labute approximate surface area is 949 Å². The minimum atomic E-state index is -1.41. The minimum Gasteiger partial charge on any atom is -0.493 e. The number of halogens is 11. The molecule has 0 saturated carbocycles. The van der Waals surface area contributed by atoms with Crippen molar-refractivity contribution in [2.45, 2.75) is 71.8 Å². The van der Waals surface area contributed by atoms with E-state index >= 15 is 0 Å². The number of rotatable bonds is 26. The minimum absolute atomic E-state index is 0. The fourth-order valence-corrected chi connectivity index (χ4v) is 14.8. The van der Waals surface area contributed by atoms with Crippen molar-refractivity contribution >= 4 is 166 Å². The van der Waals surface area contributed by atoms with Gasteiger partial charge >= 0.3 is 26.0 Å². The summed E-state index contributed by atoms with van der Waals surface area (Å²) in [7, 11) is 19.8. The molecule has 0 amide bonds. The number of aldehydes is 1. The van der Waals surface area contributed by atoms with Crippen LogP contribution in [0.4, 0.5) is 0 Å². The molecule has 1 unspecified atom stereocenters. The van der Waals surface area contributed by atoms with Crippen molar-refractivity contribution in [1.82, 2.24) is 29.8 Å². The van der Waals surface area contributed by atoms with Gasteiger partial charge in [0.2, 0.25) is 29.4 Å². The van der Waals surface area contributed by atoms with E-state index in [0.29, 0.717) is 130 Å². The van der Waals surface area contributed by atoms with Crippen molar-refractivity contribution in [3.63, 3.8) is 0 Å². The number of pyridine rings is 5. The number of carbonyl (C=O) groups is 2. The van der Waals surface area contributed by atoms with Gasteiger partial charge in [-0.15, -0.1) is 0 Å². The molecule has 14 aromatic rings. The van der Waals surface area contributed by atoms with Crippen LogP contribution in [-0.4, -0.2) is 189 Å². The number of hydrogen-bond acceptors (Lipinski definition) is 24. The number of para-hydroxylation sites is 3. The maximum Gasteiger partial charge on any atom is 1.00 e. The zero-order valence-corrected chi connectivity index (χ0v) is 96.0. The molecule has 16 rings (SSSR count). The molecule has 786 valence electrons. The maximum atomic E-state index is 11.7. The topological polar surface area (TPSA) is 283 Å². The second-order valence-corrected chi connectivity index (χ2v) is 35.5. The Kier molecular flexibility index (Phi) is 67.9. The average Bonchev–Trinajstić information content (AvgIpc) is 0.891. The van der Waals surface area contributed by atoms with Crippen LogP contribution in [0.3, 0.4) is 0 Å². The fraction of sp³-hybridized carbons (Fsp3) is 0.261. The average molecular weight is 2410 g/mol. The molecule has 5 aromatic heterocycles. The largest absolute Gasteiger partial charge is 1.00 e. The van der Waals surface area contributed by atoms with Crippen LogP contribution in [0.5, 0.6) is 63.9 Å². The molecule has 0 spiro atoms. The van der Waals surface area contributed by atoms with Crippen molar-refractivity contribution in [3.05, 3.63) is 352 Å². The molecule has 37 heteroatoms. The van der Waals surface area contributed by atoms with E-state index in [0.717, 1.165) is 120 Å². The van der Waals surface area contributed by atoms with E-state index in [-0.39, 0.29) is 32.1 Å². The van der Waals surface area contributed by atoms with Gasteiger partial charge in [0.15, 0.2) is 46.6 Å². The summed E-state index contributed by atoms with van der Waals surface area (Å²) in [6, 6.07) is 71.3. The van der Waals surface area contributed by atoms with Crippen LogP contribution in [0.15, 0.2) is 277 Å². The Balaban J connectivity index is 0.000000433. The predicted octanol–water partition coefficient (Wildman–Crippen LogP) is 26.2. The fourth-order valence-electron chi connectivity index (χ4n) is 12.9. The molecule has 148 heavy (non-hydrogen) atoms. The summed E-state index contributed by atoms with van der Waals surface area (Å²) in [6.45, 7) is 10.4. The molecule has 0 aliphatic carbocycles. The third kappa shape index (κ3) is 47.4. The molecule has 0 bridgehead atoms. The number of Topliss-reactive ketones (excluding diaryl/α,β-unsaturated/α-hetero) is 1. The predicted molar refractivity (Wildman–Crippen MR) is 612 cm³/mol. The van der Waals surface area contributed by atoms with Crippen LogP contribution in [0.25, 0.3) is 44.5 Å². The molecule has 9 aromatic carbocycles. The summed E-state index contributed by atoms with van der Waals surface area (Å²) >= 11 is 52.9. The molecule has 3 N–H and O–H groups in total. The Morgan fingerprint density at radius 3 is 1.19 bits per heavy atom. The summed E-state index contributed by atoms with van der Waals surface area (Å²) in [5, 5.41) is 32.7. The van der Waals surface area contributed by atoms with Gasteiger partial charge in [-0.2, -0.15) is 6.42 Å². The van der Waals surface area contributed by atoms with E-state index in [9.17, 15) is 14.7 Å². The summed E-state index contributed by atoms with van der Waals surface area (Å²) in [5.74, 6) is 6.30. The number of hydrogen-bond donors (Lipinski definition) is 3. The second kappa shape index (κ2) is 75.9. The first kappa shape index (κ1) is 132. The Morgan fingerprint density at radius 2 is 0.811 bits per heavy atom. The second-order valence-electron chi connectivity index (χ2n) is 30.6. The molecule has 2 aliphatic heterocycles. The third-order valence-electron chi connectivity index (χ3n) is 20.4. The number of ketones is 1. The van der Waals surface area contributed by atoms with Gasteiger partial charge in [0, 0.05) is 207 Å². The van der Waals surface area contributed by atoms with Gasteiger partial charge in [-0.3, -0.25) is 9.59 Å². The number of methoxy groups -OCH3 is 11. The van der Waals surface area contributed by atoms with Crippen molar-refractivity contribution < 1.29 is 105 Å². The molecular weight excluding hydrogens is 2290 g/mol. The molecule has 24 nitrogen and oxygen atoms in total. The van der Waals surface area contributed by atoms with Gasteiger partial charge in [0.1, 0.15) is 6.10 Å². The van der Waals surface area contributed by atoms with Gasteiger partial charge in [0.25, 0.3) is 0 Å². The molecule has 1 atom stereocenters. The first-order valence-electron chi connectivity index (χ1n) is 45.1. The summed E-state index contributed by atoms with van der Waals surface area (Å²) in [6.07, 6.45) is 16.9. The summed E-state index contributed by atoms with van der Waals surface area (Å²) in [5.41, 5.74) is 12.6. The first-order chi connectivity index (χ1) is 70.5. The Hall–Kier alpha value is -9.76. The number of aromatic nitrogens is 5. The van der Waals surface area contributed by atoms with Crippen LogP contribution in [0.1, 0.15) is 108 Å². The monoisotopic (exact) mass is 2410 g/mol. The third-order valence-corrected chi connectivity index (χ3v) is 23.1. The van der Waals surface area contributed by atoms with Gasteiger partial charge in [0.05, 0.1) is 88.2 Å². The van der Waals surface area contributed by atoms with Gasteiger partial charge in [-0.05, 0) is 233 Å². The number of unbranched alkanes of at least 4 members (excludes halogenated alkanes) is 1. The zero-order chi connectivity index (χ0) is 107. The van der Waals surface area contributed by atoms with Gasteiger partial charge in [-0.1, -0.05) is 193 Å². The van der Waals surface area contributed by atoms with E-state index in [4.69, 9.17) is 153 Å². The standard InChI is InChI=1S/C21H20ClNO4.C21H20ClNO3.C12H9BrClNO.C12H10ClNO.C11H13Cl2NO.C9H10O3.C6H6BClO2.C6H6BrNO.2C4H8O.C4H9.CH4.Br2.Li/c1-25-18-6-4-5-16(20(18)26-2)19(24)17-11-14(12-23-21(17)27-3)13-7-9-15(22)10-8-13;1-24-19-6-4-5-15(20(19)25-2)11-16-12-17(13-23-21(16)26-3)14-7-9-18(22)10-8-14;1-16-12-11(13)6-9(7-15-12)8-2-4-10(14)5-3-8;1-15-12-7-4-10(8-14-12)9-2-5-11(13)6-3-9;1-14(2)4-3-11(15)8-5-9(12)7-10(13)6-8;1-11-8-5-3-4-7(6-10)9(8)12-2;8-6-3-1-5(2-4-6)7(9)10;1-9-6-3-2-5(7)4-8-6;2*1-2-4-5-3-1;1-3-4-2;;1-2;/h4-12,19,24H,1-3H3;4-10,12-13H,11H2,1-3H3;2-7H,1H3;2-8H,1H3;5-7H,3-4H2,1-2H3;3-6H,1-2H3;1-4,9-10H;2-4H,1H3;2*1-4H2;1,3-4H2,2H3;1H4;;/q;;;;;;;;;;-1;;;+1. The van der Waals surface area contributed by atoms with Crippen LogP contribution in [0.2, 0.25) is 35.2 Å². The zero-order valence-electron chi connectivity index (χ0n) is 84.3. The van der Waals surface area contributed by atoms with Crippen LogP contribution in [0, 0.1) is 6.92 Å². The number of benzene rings is 9. The quantitative estimate of drug-likeness (QED) is 0.0196. The molecule has 7 heterocycles. The van der Waals surface area contributed by atoms with E-state index in [2.05, 4.69) is 105 Å². The molecule has 2 fully saturated rings. The van der Waals surface area contributed by atoms with E-state index < -0.39 is 13.2 Å². The summed E-state index contributed by atoms with van der Waals surface area (Å²) in [4.78, 5) is 45.3. The van der Waals surface area contributed by atoms with Gasteiger partial charge in [-0.25, -0.2) is 24.9 Å². The number of aliphatic hydroxyl groups excluding tert-OH is 1. The SMILES string of the molecule is BrBr.C.C1CCOC1.C1CCOC1.CN(C)CCC(=O)c1cc(Cl)cc(Cl)c1.COc1ccc(-c2ccc(Cl)cc2)cn1.COc1ccc(Br)cn1.COc1cccc(C(O)c2cc(-c3ccc(Cl)cc3)cnc2OC)c1OC.COc1cccc(C=O)c1OC.COc1cccc(Cc2cc(-c3ccc(Cl)cc3)cnc2OC)c1OC.COc1ncc(-c2ccc(Cl)cc2)cc1Br.OB(O)c1ccc(Cl)cc1.[CH2-]CCC.[Li+]. The number of ether oxygens (including phenoxy) is 13. The van der Waals surface area contributed by atoms with E-state index in [1.54, 1.807) is 166 Å². The van der Waals surface area contributed by atoms with Crippen LogP contribution < -0.4 is 76.4 Å². The van der Waals surface area contributed by atoms with Crippen LogP contribution >= 0.6 is 141 Å². The summed E-state index contributed by atoms with van der Waals surface area (Å²) < 4.78 is 69.1. The Morgan fingerprint density at radius 1 is 0.426 bits per heavy atom. The van der Waals surface area contributed by atoms with Crippen LogP contribution in [-0.2, 0) is 15.9 Å². The Bertz CT molecular complexity index is 6070. The molecular formula is C111H123BBr4Cl7LiN6O18. The molecule has 2 aliphatic rings. The number of carbonyl (C=O) groups excluding carboxylic acids is 2. The molecule has 2 saturated heterocycles. The van der Waals surface area contributed by atoms with E-state index in [1.165, 1.54) is 60.5 Å². The van der Waals surface area contributed by atoms with Crippen molar-refractivity contribution in [2.75, 3.05) is 125 Å². The van der Waals surface area contributed by atoms with Gasteiger partial charge < -0.3 is 88.6 Å². The first-order valence-corrected chi connectivity index (χ1v) is 53.0. The maximum absolute atomic E-state index is 11.7. The number of aliphatic hydroxyl groups is 1.